The van der Waals surface area contributed by atoms with Gasteiger partial charge in [0, 0.05) is 38.4 Å². The minimum atomic E-state index is -3.60. The Kier molecular flexibility index (Phi) is 8.07. The molecule has 0 unspecified atom stereocenters. The third-order valence-corrected chi connectivity index (χ3v) is 6.94. The third-order valence-electron chi connectivity index (χ3n) is 4.89. The van der Waals surface area contributed by atoms with Gasteiger partial charge in [-0.1, -0.05) is 13.8 Å². The number of hydrogen-bond donors (Lipinski definition) is 2. The van der Waals surface area contributed by atoms with Gasteiger partial charge in [-0.05, 0) is 51.1 Å². The smallest absolute Gasteiger partial charge is 0.253 e. The topological polar surface area (TPSA) is 81.8 Å². The van der Waals surface area contributed by atoms with E-state index in [1.54, 1.807) is 12.1 Å². The van der Waals surface area contributed by atoms with Crippen LogP contribution in [-0.4, -0.2) is 64.9 Å². The molecule has 0 aliphatic carbocycles. The fourth-order valence-corrected chi connectivity index (χ4v) is 4.85. The average Bonchev–Trinajstić information content (AvgIpc) is 3.20. The van der Waals surface area contributed by atoms with E-state index in [1.165, 1.54) is 10.4 Å². The van der Waals surface area contributed by atoms with E-state index in [0.717, 1.165) is 44.6 Å². The molecule has 1 aromatic carbocycles. The van der Waals surface area contributed by atoms with Crippen molar-refractivity contribution in [3.05, 3.63) is 23.8 Å². The number of carbonyl (C=O) groups is 1. The predicted molar refractivity (Wildman–Crippen MR) is 109 cm³/mol. The zero-order valence-electron chi connectivity index (χ0n) is 16.6. The number of anilines is 1. The molecule has 152 valence electrons. The van der Waals surface area contributed by atoms with Gasteiger partial charge in [0.2, 0.25) is 10.0 Å². The Morgan fingerprint density at radius 1 is 1.15 bits per heavy atom. The Morgan fingerprint density at radius 2 is 1.81 bits per heavy atom. The van der Waals surface area contributed by atoms with Gasteiger partial charge < -0.3 is 15.5 Å². The largest absolute Gasteiger partial charge is 0.371 e. The average molecular weight is 397 g/mol. The van der Waals surface area contributed by atoms with E-state index in [1.807, 2.05) is 20.9 Å². The zero-order chi connectivity index (χ0) is 19.9. The fraction of sp³-hybridized carbons (Fsp3) is 0.632. The number of benzene rings is 1. The summed E-state index contributed by atoms with van der Waals surface area (Å²) in [6, 6.07) is 4.94. The van der Waals surface area contributed by atoms with Crippen molar-refractivity contribution in [2.24, 2.45) is 0 Å². The van der Waals surface area contributed by atoms with Crippen molar-refractivity contribution in [1.82, 2.24) is 14.9 Å². The summed E-state index contributed by atoms with van der Waals surface area (Å²) >= 11 is 0. The fourth-order valence-electron chi connectivity index (χ4n) is 3.37. The van der Waals surface area contributed by atoms with Crippen LogP contribution < -0.4 is 15.5 Å². The SMILES string of the molecule is CCN(CC)S(=O)(=O)c1ccc(N2CCCC2)c(C(=O)NCCCNC)c1. The molecule has 1 amide bonds. The highest BCUT2D eigenvalue weighted by atomic mass is 32.2. The molecular weight excluding hydrogens is 364 g/mol. The van der Waals surface area contributed by atoms with Crippen LogP contribution >= 0.6 is 0 Å². The third kappa shape index (κ3) is 5.21. The standard InChI is InChI=1S/C19H32N4O3S/c1-4-23(5-2)27(25,26)16-9-10-18(22-13-6-7-14-22)17(15-16)19(24)21-12-8-11-20-3/h9-10,15,20H,4-8,11-14H2,1-3H3,(H,21,24). The van der Waals surface area contributed by atoms with Gasteiger partial charge in [0.05, 0.1) is 10.5 Å². The number of carbonyl (C=O) groups excluding carboxylic acids is 1. The lowest BCUT2D eigenvalue weighted by Gasteiger charge is -2.23. The zero-order valence-corrected chi connectivity index (χ0v) is 17.4. The van der Waals surface area contributed by atoms with E-state index in [-0.39, 0.29) is 10.8 Å². The molecule has 0 aromatic heterocycles. The molecule has 2 N–H and O–H groups in total. The molecule has 27 heavy (non-hydrogen) atoms. The van der Waals surface area contributed by atoms with Crippen LogP contribution in [0.2, 0.25) is 0 Å². The summed E-state index contributed by atoms with van der Waals surface area (Å²) < 4.78 is 27.2. The maximum atomic E-state index is 12.9. The molecule has 0 atom stereocenters. The van der Waals surface area contributed by atoms with Crippen LogP contribution in [0.15, 0.2) is 23.1 Å². The van der Waals surface area contributed by atoms with Gasteiger partial charge in [0.25, 0.3) is 5.91 Å². The van der Waals surface area contributed by atoms with Crippen LogP contribution in [0.5, 0.6) is 0 Å². The minimum absolute atomic E-state index is 0.175. The first-order valence-corrected chi connectivity index (χ1v) is 11.2. The molecule has 1 aliphatic rings. The molecule has 0 radical (unpaired) electrons. The normalized spacial score (nSPS) is 14.7. The van der Waals surface area contributed by atoms with Gasteiger partial charge >= 0.3 is 0 Å². The van der Waals surface area contributed by atoms with Crippen LogP contribution in [0.3, 0.4) is 0 Å². The molecule has 8 heteroatoms. The first kappa shape index (κ1) is 21.7. The number of nitrogens with zero attached hydrogens (tertiary/aromatic N) is 2. The summed E-state index contributed by atoms with van der Waals surface area (Å²) in [5, 5.41) is 5.97. The lowest BCUT2D eigenvalue weighted by Crippen LogP contribution is -2.32. The van der Waals surface area contributed by atoms with E-state index in [2.05, 4.69) is 15.5 Å². The first-order chi connectivity index (χ1) is 13.0. The predicted octanol–water partition coefficient (Wildman–Crippen LogP) is 1.66. The highest BCUT2D eigenvalue weighted by molar-refractivity contribution is 7.89. The quantitative estimate of drug-likeness (QED) is 0.588. The molecule has 1 saturated heterocycles. The van der Waals surface area contributed by atoms with Crippen LogP contribution in [0.4, 0.5) is 5.69 Å². The molecule has 0 spiro atoms. The lowest BCUT2D eigenvalue weighted by atomic mass is 10.1. The summed E-state index contributed by atoms with van der Waals surface area (Å²) in [6.07, 6.45) is 2.99. The van der Waals surface area contributed by atoms with Crippen molar-refractivity contribution in [2.45, 2.75) is 38.0 Å². The lowest BCUT2D eigenvalue weighted by molar-refractivity contribution is 0.0953. The second kappa shape index (κ2) is 10.1. The first-order valence-electron chi connectivity index (χ1n) is 9.77. The Balaban J connectivity index is 2.35. The number of hydrogen-bond acceptors (Lipinski definition) is 5. The summed E-state index contributed by atoms with van der Waals surface area (Å²) in [5.41, 5.74) is 1.26. The molecule has 2 rings (SSSR count). The maximum absolute atomic E-state index is 12.9. The summed E-state index contributed by atoms with van der Waals surface area (Å²) in [5.74, 6) is -0.218. The summed E-state index contributed by atoms with van der Waals surface area (Å²) in [6.45, 7) is 7.58. The summed E-state index contributed by atoms with van der Waals surface area (Å²) in [4.78, 5) is 15.1. The molecule has 0 saturated carbocycles. The maximum Gasteiger partial charge on any atom is 0.253 e. The number of nitrogens with one attached hydrogen (secondary N) is 2. The number of amides is 1. The Labute approximate surface area is 163 Å². The van der Waals surface area contributed by atoms with Gasteiger partial charge in [-0.25, -0.2) is 8.42 Å². The van der Waals surface area contributed by atoms with Gasteiger partial charge in [-0.2, -0.15) is 4.31 Å². The van der Waals surface area contributed by atoms with Crippen LogP contribution in [0.1, 0.15) is 43.5 Å². The molecule has 1 aliphatic heterocycles. The van der Waals surface area contributed by atoms with Crippen molar-refractivity contribution in [3.63, 3.8) is 0 Å². The van der Waals surface area contributed by atoms with Gasteiger partial charge in [-0.3, -0.25) is 4.79 Å². The monoisotopic (exact) mass is 396 g/mol. The van der Waals surface area contributed by atoms with E-state index >= 15 is 0 Å². The van der Waals surface area contributed by atoms with E-state index in [0.29, 0.717) is 25.2 Å². The minimum Gasteiger partial charge on any atom is -0.371 e. The van der Waals surface area contributed by atoms with Crippen LogP contribution in [0.25, 0.3) is 0 Å². The van der Waals surface area contributed by atoms with Gasteiger partial charge in [-0.15, -0.1) is 0 Å². The Morgan fingerprint density at radius 3 is 2.41 bits per heavy atom. The van der Waals surface area contributed by atoms with Crippen molar-refractivity contribution < 1.29 is 13.2 Å². The highest BCUT2D eigenvalue weighted by Gasteiger charge is 2.26. The molecule has 0 bridgehead atoms. The Bertz CT molecular complexity index is 726. The van der Waals surface area contributed by atoms with Crippen molar-refractivity contribution in [1.29, 1.82) is 0 Å². The molecule has 1 heterocycles. The van der Waals surface area contributed by atoms with E-state index in [4.69, 9.17) is 0 Å². The van der Waals surface area contributed by atoms with Crippen LogP contribution in [0, 0.1) is 0 Å². The molecule has 7 nitrogen and oxygen atoms in total. The molecular formula is C19H32N4O3S. The molecule has 1 aromatic rings. The highest BCUT2D eigenvalue weighted by Crippen LogP contribution is 2.28. The number of sulfonamides is 1. The van der Waals surface area contributed by atoms with Gasteiger partial charge in [0.15, 0.2) is 0 Å². The summed E-state index contributed by atoms with van der Waals surface area (Å²) in [7, 11) is -1.73. The molecule has 1 fully saturated rings. The van der Waals surface area contributed by atoms with Crippen LogP contribution in [-0.2, 0) is 10.0 Å². The van der Waals surface area contributed by atoms with E-state index in [9.17, 15) is 13.2 Å². The number of rotatable bonds is 10. The van der Waals surface area contributed by atoms with Crippen molar-refractivity contribution in [2.75, 3.05) is 51.2 Å². The van der Waals surface area contributed by atoms with E-state index < -0.39 is 10.0 Å². The second-order valence-corrected chi connectivity index (χ2v) is 8.61. The Hall–Kier alpha value is -1.64. The van der Waals surface area contributed by atoms with Gasteiger partial charge in [0.1, 0.15) is 0 Å². The van der Waals surface area contributed by atoms with Crippen molar-refractivity contribution in [3.8, 4) is 0 Å². The second-order valence-electron chi connectivity index (χ2n) is 6.68. The van der Waals surface area contributed by atoms with Crippen molar-refractivity contribution >= 4 is 21.6 Å².